The van der Waals surface area contributed by atoms with Crippen LogP contribution < -0.4 is 5.73 Å². The summed E-state index contributed by atoms with van der Waals surface area (Å²) in [5.74, 6) is 0.0930. The molecule has 0 aliphatic rings. The van der Waals surface area contributed by atoms with Gasteiger partial charge in [0.2, 0.25) is 0 Å². The van der Waals surface area contributed by atoms with E-state index in [1.807, 2.05) is 27.7 Å². The molecule has 0 fully saturated rings. The fourth-order valence-electron chi connectivity index (χ4n) is 1.93. The van der Waals surface area contributed by atoms with Crippen LogP contribution in [0.5, 0.6) is 0 Å². The standard InChI is InChI=1S/C14H17ClFN3/c1-8-7-9(16)5-6-10(8)19-13(17)11(15)12(18-19)14(2,3)4/h5-7H,17H2,1-4H3. The number of halogens is 2. The Hall–Kier alpha value is -1.55. The molecule has 1 aromatic heterocycles. The molecule has 2 N–H and O–H groups in total. The summed E-state index contributed by atoms with van der Waals surface area (Å²) < 4.78 is 14.7. The van der Waals surface area contributed by atoms with Gasteiger partial charge in [-0.1, -0.05) is 32.4 Å². The summed E-state index contributed by atoms with van der Waals surface area (Å²) in [7, 11) is 0. The van der Waals surface area contributed by atoms with Gasteiger partial charge in [-0.2, -0.15) is 5.10 Å². The van der Waals surface area contributed by atoms with Crippen molar-refractivity contribution in [2.45, 2.75) is 33.1 Å². The Balaban J connectivity index is 2.64. The molecule has 3 nitrogen and oxygen atoms in total. The molecular weight excluding hydrogens is 265 g/mol. The molecule has 5 heteroatoms. The van der Waals surface area contributed by atoms with E-state index in [9.17, 15) is 4.39 Å². The van der Waals surface area contributed by atoms with Gasteiger partial charge >= 0.3 is 0 Å². The first kappa shape index (κ1) is 13.9. The van der Waals surface area contributed by atoms with E-state index in [-0.39, 0.29) is 11.2 Å². The van der Waals surface area contributed by atoms with Crippen molar-refractivity contribution in [1.82, 2.24) is 9.78 Å². The number of hydrogen-bond acceptors (Lipinski definition) is 2. The zero-order valence-corrected chi connectivity index (χ0v) is 12.2. The smallest absolute Gasteiger partial charge is 0.146 e. The van der Waals surface area contributed by atoms with Gasteiger partial charge in [-0.15, -0.1) is 0 Å². The SMILES string of the molecule is Cc1cc(F)ccc1-n1nc(C(C)(C)C)c(Cl)c1N. The number of nitrogens with two attached hydrogens (primary N) is 1. The third-order valence-electron chi connectivity index (χ3n) is 2.96. The van der Waals surface area contributed by atoms with Crippen LogP contribution in [0, 0.1) is 12.7 Å². The number of nitrogen functional groups attached to an aromatic ring is 1. The highest BCUT2D eigenvalue weighted by atomic mass is 35.5. The monoisotopic (exact) mass is 281 g/mol. The fourth-order valence-corrected chi connectivity index (χ4v) is 2.33. The van der Waals surface area contributed by atoms with Crippen LogP contribution in [-0.4, -0.2) is 9.78 Å². The van der Waals surface area contributed by atoms with Crippen LogP contribution in [0.1, 0.15) is 32.0 Å². The van der Waals surface area contributed by atoms with Gasteiger partial charge in [-0.3, -0.25) is 0 Å². The third-order valence-corrected chi connectivity index (χ3v) is 3.33. The van der Waals surface area contributed by atoms with Crippen molar-refractivity contribution in [3.05, 3.63) is 40.3 Å². The first-order chi connectivity index (χ1) is 8.71. The van der Waals surface area contributed by atoms with Gasteiger partial charge in [0, 0.05) is 5.41 Å². The molecule has 0 bridgehead atoms. The lowest BCUT2D eigenvalue weighted by Crippen LogP contribution is -2.13. The molecule has 19 heavy (non-hydrogen) atoms. The molecule has 0 radical (unpaired) electrons. The topological polar surface area (TPSA) is 43.8 Å². The van der Waals surface area contributed by atoms with Crippen molar-refractivity contribution < 1.29 is 4.39 Å². The van der Waals surface area contributed by atoms with Crippen LogP contribution in [-0.2, 0) is 5.41 Å². The molecule has 0 unspecified atom stereocenters. The van der Waals surface area contributed by atoms with Crippen LogP contribution in [0.2, 0.25) is 5.02 Å². The van der Waals surface area contributed by atoms with E-state index in [2.05, 4.69) is 5.10 Å². The molecule has 0 aliphatic carbocycles. The second-order valence-corrected chi connectivity index (χ2v) is 6.02. The summed E-state index contributed by atoms with van der Waals surface area (Å²) in [6, 6.07) is 4.48. The molecule has 0 amide bonds. The highest BCUT2D eigenvalue weighted by molar-refractivity contribution is 6.33. The lowest BCUT2D eigenvalue weighted by Gasteiger charge is -2.15. The van der Waals surface area contributed by atoms with Crippen LogP contribution in [0.3, 0.4) is 0 Å². The molecule has 0 aliphatic heterocycles. The summed E-state index contributed by atoms with van der Waals surface area (Å²) in [6.07, 6.45) is 0. The molecule has 0 saturated heterocycles. The highest BCUT2D eigenvalue weighted by Crippen LogP contribution is 2.34. The van der Waals surface area contributed by atoms with E-state index in [1.54, 1.807) is 10.7 Å². The summed E-state index contributed by atoms with van der Waals surface area (Å²) in [5, 5.41) is 4.93. The van der Waals surface area contributed by atoms with Crippen LogP contribution >= 0.6 is 11.6 Å². The number of aromatic nitrogens is 2. The maximum atomic E-state index is 13.2. The van der Waals surface area contributed by atoms with Gasteiger partial charge in [0.1, 0.15) is 16.7 Å². The molecule has 1 aromatic carbocycles. The van der Waals surface area contributed by atoms with Crippen molar-refractivity contribution in [1.29, 1.82) is 0 Å². The van der Waals surface area contributed by atoms with Gasteiger partial charge in [-0.25, -0.2) is 9.07 Å². The van der Waals surface area contributed by atoms with Crippen LogP contribution in [0.4, 0.5) is 10.2 Å². The van der Waals surface area contributed by atoms with Gasteiger partial charge in [0.05, 0.1) is 11.4 Å². The summed E-state index contributed by atoms with van der Waals surface area (Å²) in [6.45, 7) is 7.86. The van der Waals surface area contributed by atoms with Crippen molar-refractivity contribution >= 4 is 17.4 Å². The van der Waals surface area contributed by atoms with E-state index >= 15 is 0 Å². The normalized spacial score (nSPS) is 11.9. The second kappa shape index (κ2) is 4.53. The third kappa shape index (κ3) is 2.45. The van der Waals surface area contributed by atoms with E-state index < -0.39 is 0 Å². The Morgan fingerprint density at radius 1 is 1.32 bits per heavy atom. The number of hydrogen-bond donors (Lipinski definition) is 1. The van der Waals surface area contributed by atoms with Crippen molar-refractivity contribution in [2.75, 3.05) is 5.73 Å². The predicted octanol–water partition coefficient (Wildman–Crippen LogP) is 3.85. The Bertz CT molecular complexity index is 626. The maximum absolute atomic E-state index is 13.2. The van der Waals surface area contributed by atoms with Crippen LogP contribution in [0.25, 0.3) is 5.69 Å². The maximum Gasteiger partial charge on any atom is 0.146 e. The molecule has 0 saturated carbocycles. The quantitative estimate of drug-likeness (QED) is 0.863. The molecule has 0 spiro atoms. The first-order valence-electron chi connectivity index (χ1n) is 6.03. The fraction of sp³-hybridized carbons (Fsp3) is 0.357. The minimum Gasteiger partial charge on any atom is -0.382 e. The summed E-state index contributed by atoms with van der Waals surface area (Å²) in [5.41, 5.74) is 8.03. The van der Waals surface area contributed by atoms with Gasteiger partial charge in [-0.05, 0) is 30.7 Å². The van der Waals surface area contributed by atoms with Crippen molar-refractivity contribution in [2.24, 2.45) is 0 Å². The largest absolute Gasteiger partial charge is 0.382 e. The zero-order valence-electron chi connectivity index (χ0n) is 11.5. The number of anilines is 1. The van der Waals surface area contributed by atoms with Gasteiger partial charge < -0.3 is 5.73 Å². The minimum absolute atomic E-state index is 0.204. The predicted molar refractivity (Wildman–Crippen MR) is 76.4 cm³/mol. The van der Waals surface area contributed by atoms with E-state index in [0.29, 0.717) is 10.8 Å². The van der Waals surface area contributed by atoms with Gasteiger partial charge in [0.15, 0.2) is 0 Å². The zero-order chi connectivity index (χ0) is 14.4. The Kier molecular flexibility index (Phi) is 3.31. The second-order valence-electron chi connectivity index (χ2n) is 5.64. The van der Waals surface area contributed by atoms with Crippen LogP contribution in [0.15, 0.2) is 18.2 Å². The molecule has 102 valence electrons. The van der Waals surface area contributed by atoms with E-state index in [0.717, 1.165) is 16.9 Å². The van der Waals surface area contributed by atoms with Crippen molar-refractivity contribution in [3.8, 4) is 5.69 Å². The summed E-state index contributed by atoms with van der Waals surface area (Å²) >= 11 is 6.25. The van der Waals surface area contributed by atoms with E-state index in [1.165, 1.54) is 12.1 Å². The highest BCUT2D eigenvalue weighted by Gasteiger charge is 2.25. The van der Waals surface area contributed by atoms with Gasteiger partial charge in [0.25, 0.3) is 0 Å². The first-order valence-corrected chi connectivity index (χ1v) is 6.40. The number of benzene rings is 1. The lowest BCUT2D eigenvalue weighted by atomic mass is 9.92. The molecule has 2 rings (SSSR count). The molecular formula is C14H17ClFN3. The molecule has 1 heterocycles. The average Bonchev–Trinajstić information content (AvgIpc) is 2.56. The Morgan fingerprint density at radius 2 is 1.95 bits per heavy atom. The number of rotatable bonds is 1. The van der Waals surface area contributed by atoms with E-state index in [4.69, 9.17) is 17.3 Å². The summed E-state index contributed by atoms with van der Waals surface area (Å²) in [4.78, 5) is 0. The Labute approximate surface area is 117 Å². The average molecular weight is 282 g/mol. The molecule has 0 atom stereocenters. The van der Waals surface area contributed by atoms with Crippen molar-refractivity contribution in [3.63, 3.8) is 0 Å². The lowest BCUT2D eigenvalue weighted by molar-refractivity contribution is 0.560. The number of nitrogens with zero attached hydrogens (tertiary/aromatic N) is 2. The molecule has 2 aromatic rings. The minimum atomic E-state index is -0.283. The number of aryl methyl sites for hydroxylation is 1. The Morgan fingerprint density at radius 3 is 2.42 bits per heavy atom.